The normalized spacial score (nSPS) is 15.0. The van der Waals surface area contributed by atoms with Gasteiger partial charge in [-0.2, -0.15) is 4.98 Å². The first kappa shape index (κ1) is 27.8. The number of aryl methyl sites for hydroxylation is 1. The lowest BCUT2D eigenvalue weighted by Crippen LogP contribution is -2.43. The van der Waals surface area contributed by atoms with Gasteiger partial charge in [0, 0.05) is 53.7 Å². The number of halogens is 1. The van der Waals surface area contributed by atoms with Crippen LogP contribution < -0.4 is 15.5 Å². The van der Waals surface area contributed by atoms with Crippen molar-refractivity contribution in [3.63, 3.8) is 0 Å². The average Bonchev–Trinajstić information content (AvgIpc) is 3.60. The number of nitrogens with one attached hydrogen (secondary N) is 3. The summed E-state index contributed by atoms with van der Waals surface area (Å²) < 4.78 is 21.3. The van der Waals surface area contributed by atoms with Crippen molar-refractivity contribution in [1.29, 1.82) is 0 Å². The van der Waals surface area contributed by atoms with E-state index in [0.29, 0.717) is 33.9 Å². The maximum Gasteiger partial charge on any atom is 0.293 e. The van der Waals surface area contributed by atoms with E-state index < -0.39 is 17.8 Å². The van der Waals surface area contributed by atoms with Gasteiger partial charge in [-0.1, -0.05) is 32.0 Å². The number of carbonyl (C=O) groups excluding carboxylic acids is 1. The second-order valence-electron chi connectivity index (χ2n) is 12.0. The van der Waals surface area contributed by atoms with Crippen LogP contribution in [0.5, 0.6) is 0 Å². The van der Waals surface area contributed by atoms with Gasteiger partial charge in [-0.3, -0.25) is 4.79 Å². The molecule has 6 rings (SSSR count). The molecular weight excluding hydrogens is 535 g/mol. The molecule has 5 aromatic rings. The van der Waals surface area contributed by atoms with Crippen molar-refractivity contribution in [1.82, 2.24) is 35.7 Å². The Morgan fingerprint density at radius 2 is 1.90 bits per heavy atom. The van der Waals surface area contributed by atoms with Gasteiger partial charge in [0.15, 0.2) is 0 Å². The monoisotopic (exact) mass is 570 g/mol. The van der Waals surface area contributed by atoms with Gasteiger partial charge in [-0.05, 0) is 55.7 Å². The fraction of sp³-hybridized carbons (Fsp3) is 0.387. The molecule has 0 saturated carbocycles. The molecule has 0 radical (unpaired) electrons. The summed E-state index contributed by atoms with van der Waals surface area (Å²) in [5, 5.41) is 11.8. The van der Waals surface area contributed by atoms with Gasteiger partial charge in [-0.25, -0.2) is 14.4 Å². The van der Waals surface area contributed by atoms with E-state index in [2.05, 4.69) is 59.7 Å². The molecule has 3 aromatic heterocycles. The minimum Gasteiger partial charge on any atom is -0.369 e. The van der Waals surface area contributed by atoms with Crippen LogP contribution in [0.4, 0.5) is 10.1 Å². The topological polar surface area (TPSA) is 125 Å². The Morgan fingerprint density at radius 3 is 2.62 bits per heavy atom. The molecule has 4 heterocycles. The van der Waals surface area contributed by atoms with Crippen LogP contribution in [0.1, 0.15) is 66.9 Å². The summed E-state index contributed by atoms with van der Waals surface area (Å²) in [6.45, 7) is 15.2. The Bertz CT molecular complexity index is 1810. The molecule has 0 unspecified atom stereocenters. The smallest absolute Gasteiger partial charge is 0.293 e. The van der Waals surface area contributed by atoms with Crippen molar-refractivity contribution in [2.24, 2.45) is 0 Å². The number of amides is 1. The molecule has 1 atom stereocenters. The highest BCUT2D eigenvalue weighted by atomic mass is 19.1. The van der Waals surface area contributed by atoms with E-state index in [-0.39, 0.29) is 11.2 Å². The van der Waals surface area contributed by atoms with E-state index in [4.69, 9.17) is 4.52 Å². The number of hydrogen-bond acceptors (Lipinski definition) is 8. The molecule has 0 spiro atoms. The second-order valence-corrected chi connectivity index (χ2v) is 12.0. The SMILES string of the molecule is Cc1cc2c(cc1N1CCNCC1)[nH]c1ncnc(-c3ccc([C@@H](C)NC(=O)c4noc(C(C)(C)C)n4)c(C)c3F)c12. The number of benzene rings is 2. The van der Waals surface area contributed by atoms with Crippen molar-refractivity contribution in [3.05, 3.63) is 64.8 Å². The number of aromatic amines is 1. The van der Waals surface area contributed by atoms with E-state index in [0.717, 1.165) is 48.0 Å². The molecule has 2 aromatic carbocycles. The molecule has 1 fully saturated rings. The molecule has 0 bridgehead atoms. The van der Waals surface area contributed by atoms with Crippen LogP contribution in [-0.2, 0) is 5.41 Å². The van der Waals surface area contributed by atoms with Crippen molar-refractivity contribution >= 4 is 33.5 Å². The molecule has 218 valence electrons. The number of piperazine rings is 1. The predicted molar refractivity (Wildman–Crippen MR) is 160 cm³/mol. The largest absolute Gasteiger partial charge is 0.369 e. The van der Waals surface area contributed by atoms with Crippen molar-refractivity contribution < 1.29 is 13.7 Å². The molecule has 10 nitrogen and oxygen atoms in total. The lowest BCUT2D eigenvalue weighted by molar-refractivity contribution is 0.0926. The fourth-order valence-corrected chi connectivity index (χ4v) is 5.63. The molecule has 42 heavy (non-hydrogen) atoms. The van der Waals surface area contributed by atoms with Crippen LogP contribution in [0.25, 0.3) is 33.2 Å². The summed E-state index contributed by atoms with van der Waals surface area (Å²) in [5.74, 6) is -0.570. The van der Waals surface area contributed by atoms with Gasteiger partial charge in [-0.15, -0.1) is 0 Å². The summed E-state index contributed by atoms with van der Waals surface area (Å²) in [7, 11) is 0. The number of nitrogens with zero attached hydrogens (tertiary/aromatic N) is 5. The number of hydrogen-bond donors (Lipinski definition) is 3. The predicted octanol–water partition coefficient (Wildman–Crippen LogP) is 5.12. The van der Waals surface area contributed by atoms with Crippen LogP contribution >= 0.6 is 0 Å². The average molecular weight is 571 g/mol. The van der Waals surface area contributed by atoms with Gasteiger partial charge in [0.1, 0.15) is 17.8 Å². The first-order chi connectivity index (χ1) is 20.0. The van der Waals surface area contributed by atoms with Gasteiger partial charge in [0.2, 0.25) is 5.89 Å². The quantitative estimate of drug-likeness (QED) is 0.266. The van der Waals surface area contributed by atoms with Gasteiger partial charge in [0.25, 0.3) is 11.7 Å². The Morgan fingerprint density at radius 1 is 1.14 bits per heavy atom. The number of aromatic nitrogens is 5. The zero-order valence-corrected chi connectivity index (χ0v) is 24.7. The first-order valence-corrected chi connectivity index (χ1v) is 14.2. The minimum atomic E-state index is -0.498. The molecule has 3 N–H and O–H groups in total. The summed E-state index contributed by atoms with van der Waals surface area (Å²) in [4.78, 5) is 31.9. The zero-order chi connectivity index (χ0) is 29.8. The number of anilines is 1. The summed E-state index contributed by atoms with van der Waals surface area (Å²) >= 11 is 0. The van der Waals surface area contributed by atoms with E-state index in [1.807, 2.05) is 26.8 Å². The number of H-pyrrole nitrogens is 1. The number of rotatable bonds is 5. The third-order valence-corrected chi connectivity index (χ3v) is 7.93. The minimum absolute atomic E-state index is 0.0559. The van der Waals surface area contributed by atoms with Crippen molar-refractivity contribution in [2.45, 2.75) is 53.0 Å². The highest BCUT2D eigenvalue weighted by Gasteiger charge is 2.26. The highest BCUT2D eigenvalue weighted by molar-refractivity contribution is 6.13. The van der Waals surface area contributed by atoms with E-state index in [9.17, 15) is 4.79 Å². The third-order valence-electron chi connectivity index (χ3n) is 7.93. The molecule has 1 aliphatic rings. The number of fused-ring (bicyclic) bond motifs is 3. The Balaban J connectivity index is 1.33. The third kappa shape index (κ3) is 4.87. The Labute approximate surface area is 243 Å². The zero-order valence-electron chi connectivity index (χ0n) is 24.7. The van der Waals surface area contributed by atoms with Gasteiger partial charge >= 0.3 is 0 Å². The van der Waals surface area contributed by atoms with Crippen molar-refractivity contribution in [3.8, 4) is 11.3 Å². The second kappa shape index (κ2) is 10.5. The summed E-state index contributed by atoms with van der Waals surface area (Å²) in [6.07, 6.45) is 1.46. The lowest BCUT2D eigenvalue weighted by atomic mass is 9.96. The fourth-order valence-electron chi connectivity index (χ4n) is 5.63. The van der Waals surface area contributed by atoms with E-state index in [1.165, 1.54) is 12.0 Å². The maximum absolute atomic E-state index is 16.1. The molecule has 1 saturated heterocycles. The molecule has 1 amide bonds. The Hall–Kier alpha value is -4.38. The standard InChI is InChI=1S/C31H35FN8O2/c1-16-13-21-22(14-23(16)40-11-9-33-10-12-40)37-27-24(21)26(34-15-35-27)20-8-7-19(17(2)25(20)32)18(3)36-29(41)28-38-30(42-39-28)31(4,5)6/h7-8,13-15,18,33H,9-12H2,1-6H3,(H,36,41)(H,34,35,37)/t18-/m1/s1. The van der Waals surface area contributed by atoms with Crippen LogP contribution in [0.15, 0.2) is 35.1 Å². The summed E-state index contributed by atoms with van der Waals surface area (Å²) in [6, 6.07) is 7.34. The summed E-state index contributed by atoms with van der Waals surface area (Å²) in [5.41, 5.74) is 5.50. The van der Waals surface area contributed by atoms with Crippen LogP contribution in [0.3, 0.4) is 0 Å². The highest BCUT2D eigenvalue weighted by Crippen LogP contribution is 2.38. The molecule has 1 aliphatic heterocycles. The Kier molecular flexibility index (Phi) is 6.92. The van der Waals surface area contributed by atoms with Crippen LogP contribution in [-0.4, -0.2) is 57.2 Å². The van der Waals surface area contributed by atoms with Gasteiger partial charge < -0.3 is 25.0 Å². The maximum atomic E-state index is 16.1. The molecule has 11 heteroatoms. The first-order valence-electron chi connectivity index (χ1n) is 14.2. The molecular formula is C31H35FN8O2. The molecule has 0 aliphatic carbocycles. The van der Waals surface area contributed by atoms with Crippen LogP contribution in [0.2, 0.25) is 0 Å². The lowest BCUT2D eigenvalue weighted by Gasteiger charge is -2.30. The number of carbonyl (C=O) groups is 1. The van der Waals surface area contributed by atoms with E-state index >= 15 is 4.39 Å². The van der Waals surface area contributed by atoms with Gasteiger partial charge in [0.05, 0.1) is 17.1 Å². The van der Waals surface area contributed by atoms with E-state index in [1.54, 1.807) is 19.9 Å². The van der Waals surface area contributed by atoms with Crippen LogP contribution in [0, 0.1) is 19.7 Å². The van der Waals surface area contributed by atoms with Crippen molar-refractivity contribution in [2.75, 3.05) is 31.1 Å².